The molecule has 0 unspecified atom stereocenters. The summed E-state index contributed by atoms with van der Waals surface area (Å²) in [5, 5.41) is 0. The van der Waals surface area contributed by atoms with Gasteiger partial charge in [-0.1, -0.05) is 26.0 Å². The number of thioether (sulfide) groups is 2. The Morgan fingerprint density at radius 2 is 1.91 bits per heavy atom. The van der Waals surface area contributed by atoms with Crippen LogP contribution in [0.1, 0.15) is 92.9 Å². The van der Waals surface area contributed by atoms with E-state index in [2.05, 4.69) is 26.0 Å². The third kappa shape index (κ3) is 6.13. The predicted octanol–water partition coefficient (Wildman–Crippen LogP) is 7.00. The van der Waals surface area contributed by atoms with Crippen molar-refractivity contribution in [2.24, 2.45) is 5.92 Å². The summed E-state index contributed by atoms with van der Waals surface area (Å²) in [6.45, 7) is 7.87. The minimum atomic E-state index is -0.257. The first-order valence-corrected chi connectivity index (χ1v) is 13.8. The third-order valence-electron chi connectivity index (χ3n) is 6.62. The second-order valence-electron chi connectivity index (χ2n) is 9.06. The van der Waals surface area contributed by atoms with Crippen molar-refractivity contribution in [2.75, 3.05) is 18.6 Å². The van der Waals surface area contributed by atoms with Gasteiger partial charge in [0, 0.05) is 18.1 Å². The SMILES string of the molecule is COC(=O)/C(C)=C/CC[C@H](C)[C@@H]1CC[C@@H](C)c2c(OC(C)=O)cc(C3SCCCS3)cc21. The van der Waals surface area contributed by atoms with E-state index in [9.17, 15) is 9.59 Å². The highest BCUT2D eigenvalue weighted by atomic mass is 32.2. The standard InChI is InChI=1S/C26H36O4S2/c1-16(8-6-9-18(3)25(28)29-5)21-11-10-17(2)24-22(21)14-20(15-23(24)30-19(4)27)26-31-12-7-13-32-26/h9,14-17,21,26H,6-8,10-13H2,1-5H3/b18-9+/t16-,17+,21-/m0/s1. The van der Waals surface area contributed by atoms with Gasteiger partial charge in [0.25, 0.3) is 0 Å². The van der Waals surface area contributed by atoms with Crippen LogP contribution in [0.2, 0.25) is 0 Å². The lowest BCUT2D eigenvalue weighted by Crippen LogP contribution is -2.21. The smallest absolute Gasteiger partial charge is 0.333 e. The molecule has 3 atom stereocenters. The van der Waals surface area contributed by atoms with Gasteiger partial charge in [-0.15, -0.1) is 23.5 Å². The normalized spacial score (nSPS) is 22.7. The Labute approximate surface area is 201 Å². The number of hydrogen-bond acceptors (Lipinski definition) is 6. The topological polar surface area (TPSA) is 52.6 Å². The fourth-order valence-electron chi connectivity index (χ4n) is 4.89. The lowest BCUT2D eigenvalue weighted by atomic mass is 9.71. The molecule has 1 aromatic rings. The first-order chi connectivity index (χ1) is 15.3. The van der Waals surface area contributed by atoms with Crippen LogP contribution in [-0.2, 0) is 14.3 Å². The summed E-state index contributed by atoms with van der Waals surface area (Å²) in [6, 6.07) is 4.53. The van der Waals surface area contributed by atoms with Crippen LogP contribution in [0.4, 0.5) is 0 Å². The molecule has 1 aromatic carbocycles. The van der Waals surface area contributed by atoms with Crippen LogP contribution in [0.25, 0.3) is 0 Å². The maximum absolute atomic E-state index is 11.9. The molecule has 1 saturated heterocycles. The molecule has 1 heterocycles. The lowest BCUT2D eigenvalue weighted by molar-refractivity contribution is -0.136. The molecular formula is C26H36O4S2. The highest BCUT2D eigenvalue weighted by molar-refractivity contribution is 8.16. The summed E-state index contributed by atoms with van der Waals surface area (Å²) in [4.78, 5) is 23.6. The molecule has 6 heteroatoms. The molecule has 32 heavy (non-hydrogen) atoms. The van der Waals surface area contributed by atoms with Crippen molar-refractivity contribution in [3.63, 3.8) is 0 Å². The highest BCUT2D eigenvalue weighted by Gasteiger charge is 2.33. The predicted molar refractivity (Wildman–Crippen MR) is 135 cm³/mol. The molecule has 0 aromatic heterocycles. The average molecular weight is 477 g/mol. The van der Waals surface area contributed by atoms with Crippen LogP contribution >= 0.6 is 23.5 Å². The largest absolute Gasteiger partial charge is 0.466 e. The van der Waals surface area contributed by atoms with Gasteiger partial charge in [0.1, 0.15) is 5.75 Å². The van der Waals surface area contributed by atoms with E-state index in [0.717, 1.165) is 31.4 Å². The van der Waals surface area contributed by atoms with Crippen LogP contribution in [0.15, 0.2) is 23.8 Å². The van der Waals surface area contributed by atoms with Crippen LogP contribution in [0.3, 0.4) is 0 Å². The van der Waals surface area contributed by atoms with Crippen LogP contribution in [-0.4, -0.2) is 30.6 Å². The van der Waals surface area contributed by atoms with Gasteiger partial charge >= 0.3 is 11.9 Å². The number of hydrogen-bond donors (Lipinski definition) is 0. The minimum absolute atomic E-state index is 0.251. The molecule has 2 aliphatic rings. The van der Waals surface area contributed by atoms with Gasteiger partial charge in [0.15, 0.2) is 0 Å². The van der Waals surface area contributed by atoms with E-state index in [0.29, 0.717) is 27.9 Å². The maximum atomic E-state index is 11.9. The quantitative estimate of drug-likeness (QED) is 0.240. The van der Waals surface area contributed by atoms with E-state index < -0.39 is 0 Å². The number of rotatable bonds is 7. The number of allylic oxidation sites excluding steroid dienone is 1. The number of fused-ring (bicyclic) bond motifs is 1. The number of methoxy groups -OCH3 is 1. The number of esters is 2. The number of carbonyl (C=O) groups excluding carboxylic acids is 2. The van der Waals surface area contributed by atoms with Crippen molar-refractivity contribution in [1.82, 2.24) is 0 Å². The molecule has 0 radical (unpaired) electrons. The fraction of sp³-hybridized carbons (Fsp3) is 0.615. The summed E-state index contributed by atoms with van der Waals surface area (Å²) in [5.74, 6) is 3.90. The molecule has 1 aliphatic heterocycles. The Hall–Kier alpha value is -1.40. The van der Waals surface area contributed by atoms with Gasteiger partial charge < -0.3 is 9.47 Å². The number of benzene rings is 1. The zero-order valence-corrected chi connectivity index (χ0v) is 21.6. The van der Waals surface area contributed by atoms with Crippen LogP contribution in [0.5, 0.6) is 5.75 Å². The number of ether oxygens (including phenoxy) is 2. The van der Waals surface area contributed by atoms with Gasteiger partial charge in [0.05, 0.1) is 11.7 Å². The Balaban J connectivity index is 1.90. The van der Waals surface area contributed by atoms with E-state index in [1.165, 1.54) is 48.7 Å². The Morgan fingerprint density at radius 1 is 1.19 bits per heavy atom. The van der Waals surface area contributed by atoms with Crippen molar-refractivity contribution in [3.8, 4) is 5.75 Å². The first-order valence-electron chi connectivity index (χ1n) is 11.7. The third-order valence-corrected chi connectivity index (χ3v) is 9.63. The van der Waals surface area contributed by atoms with Crippen molar-refractivity contribution >= 4 is 35.5 Å². The van der Waals surface area contributed by atoms with Crippen molar-refractivity contribution in [3.05, 3.63) is 40.5 Å². The molecule has 4 nitrogen and oxygen atoms in total. The molecule has 1 aliphatic carbocycles. The second kappa shape index (κ2) is 11.6. The van der Waals surface area contributed by atoms with Crippen LogP contribution < -0.4 is 4.74 Å². The molecule has 176 valence electrons. The summed E-state index contributed by atoms with van der Waals surface area (Å²) in [7, 11) is 1.42. The summed E-state index contributed by atoms with van der Waals surface area (Å²) in [6.07, 6.45) is 7.34. The summed E-state index contributed by atoms with van der Waals surface area (Å²) < 4.78 is 11.0. The monoisotopic (exact) mass is 476 g/mol. The second-order valence-corrected chi connectivity index (χ2v) is 11.8. The zero-order chi connectivity index (χ0) is 23.3. The van der Waals surface area contributed by atoms with Crippen molar-refractivity contribution in [2.45, 2.75) is 76.2 Å². The first kappa shape index (κ1) is 25.2. The van der Waals surface area contributed by atoms with Crippen molar-refractivity contribution < 1.29 is 19.1 Å². The molecule has 0 saturated carbocycles. The van der Waals surface area contributed by atoms with E-state index in [1.54, 1.807) is 0 Å². The molecule has 1 fully saturated rings. The molecule has 0 N–H and O–H groups in total. The van der Waals surface area contributed by atoms with Gasteiger partial charge in [-0.2, -0.15) is 0 Å². The number of carbonyl (C=O) groups is 2. The molecule has 0 bridgehead atoms. The fourth-order valence-corrected chi connectivity index (χ4v) is 7.74. The summed E-state index contributed by atoms with van der Waals surface area (Å²) in [5.41, 5.74) is 4.54. The van der Waals surface area contributed by atoms with E-state index in [4.69, 9.17) is 9.47 Å². The van der Waals surface area contributed by atoms with Gasteiger partial charge in [-0.05, 0) is 85.5 Å². The average Bonchev–Trinajstić information content (AvgIpc) is 2.78. The lowest BCUT2D eigenvalue weighted by Gasteiger charge is -2.36. The molecule has 0 amide bonds. The van der Waals surface area contributed by atoms with E-state index in [1.807, 2.05) is 36.5 Å². The van der Waals surface area contributed by atoms with Gasteiger partial charge in [-0.3, -0.25) is 4.79 Å². The minimum Gasteiger partial charge on any atom is -0.466 e. The zero-order valence-electron chi connectivity index (χ0n) is 19.9. The summed E-state index contributed by atoms with van der Waals surface area (Å²) >= 11 is 4.00. The Kier molecular flexibility index (Phi) is 9.18. The Bertz CT molecular complexity index is 858. The van der Waals surface area contributed by atoms with Crippen LogP contribution in [0, 0.1) is 5.92 Å². The van der Waals surface area contributed by atoms with E-state index >= 15 is 0 Å². The van der Waals surface area contributed by atoms with Gasteiger partial charge in [-0.25, -0.2) is 4.79 Å². The maximum Gasteiger partial charge on any atom is 0.333 e. The van der Waals surface area contributed by atoms with E-state index in [-0.39, 0.29) is 11.9 Å². The molecule has 3 rings (SSSR count). The van der Waals surface area contributed by atoms with Gasteiger partial charge in [0.2, 0.25) is 0 Å². The van der Waals surface area contributed by atoms with Crippen molar-refractivity contribution in [1.29, 1.82) is 0 Å². The Morgan fingerprint density at radius 3 is 2.56 bits per heavy atom. The molecular weight excluding hydrogens is 440 g/mol. The molecule has 0 spiro atoms. The highest BCUT2D eigenvalue weighted by Crippen LogP contribution is 2.51.